The molecule has 0 atom stereocenters. The van der Waals surface area contributed by atoms with Crippen LogP contribution in [-0.2, 0) is 0 Å². The first-order valence-electron chi connectivity index (χ1n) is 6.90. The highest BCUT2D eigenvalue weighted by atomic mass is 28.3. The van der Waals surface area contributed by atoms with E-state index >= 15 is 0 Å². The molecule has 1 aliphatic heterocycles. The molecule has 2 heteroatoms. The van der Waals surface area contributed by atoms with E-state index in [0.717, 1.165) is 12.4 Å². The average molecular weight is 255 g/mol. The van der Waals surface area contributed by atoms with Crippen LogP contribution in [0.25, 0.3) is 10.8 Å². The minimum atomic E-state index is -0.301. The SMILES string of the molecule is CCOc1ccc([Si]2CCCC2)c2ccccc12. The molecule has 2 aromatic carbocycles. The summed E-state index contributed by atoms with van der Waals surface area (Å²) >= 11 is 0. The normalized spacial score (nSPS) is 16.3. The van der Waals surface area contributed by atoms with E-state index in [2.05, 4.69) is 36.4 Å². The number of benzene rings is 2. The third-order valence-corrected chi connectivity index (χ3v) is 6.88. The van der Waals surface area contributed by atoms with E-state index in [1.165, 1.54) is 35.7 Å². The molecule has 1 radical (unpaired) electrons. The molecule has 0 aromatic heterocycles. The van der Waals surface area contributed by atoms with Gasteiger partial charge in [-0.05, 0) is 18.4 Å². The van der Waals surface area contributed by atoms with E-state index in [4.69, 9.17) is 4.74 Å². The lowest BCUT2D eigenvalue weighted by Gasteiger charge is -2.14. The Hall–Kier alpha value is -1.28. The summed E-state index contributed by atoms with van der Waals surface area (Å²) in [4.78, 5) is 0. The van der Waals surface area contributed by atoms with Crippen molar-refractivity contribution in [2.24, 2.45) is 0 Å². The summed E-state index contributed by atoms with van der Waals surface area (Å²) in [6.45, 7) is 2.78. The lowest BCUT2D eigenvalue weighted by Crippen LogP contribution is -2.27. The Balaban J connectivity index is 2.13. The van der Waals surface area contributed by atoms with Gasteiger partial charge in [-0.25, -0.2) is 0 Å². The minimum absolute atomic E-state index is 0.301. The molecule has 0 N–H and O–H groups in total. The van der Waals surface area contributed by atoms with E-state index in [0.29, 0.717) is 0 Å². The molecule has 18 heavy (non-hydrogen) atoms. The van der Waals surface area contributed by atoms with Crippen LogP contribution in [0.2, 0.25) is 12.1 Å². The van der Waals surface area contributed by atoms with E-state index in [1.807, 2.05) is 6.92 Å². The summed E-state index contributed by atoms with van der Waals surface area (Å²) in [5, 5.41) is 4.34. The van der Waals surface area contributed by atoms with E-state index < -0.39 is 0 Å². The van der Waals surface area contributed by atoms with E-state index in [9.17, 15) is 0 Å². The van der Waals surface area contributed by atoms with Gasteiger partial charge in [0, 0.05) is 5.39 Å². The van der Waals surface area contributed by atoms with Gasteiger partial charge in [0.1, 0.15) is 5.75 Å². The van der Waals surface area contributed by atoms with Crippen molar-refractivity contribution < 1.29 is 4.74 Å². The van der Waals surface area contributed by atoms with Gasteiger partial charge in [-0.3, -0.25) is 0 Å². The maximum atomic E-state index is 5.75. The topological polar surface area (TPSA) is 9.23 Å². The molecule has 0 unspecified atom stereocenters. The van der Waals surface area contributed by atoms with Crippen LogP contribution in [0.1, 0.15) is 19.8 Å². The largest absolute Gasteiger partial charge is 0.493 e. The van der Waals surface area contributed by atoms with Crippen LogP contribution in [0.15, 0.2) is 36.4 Å². The Labute approximate surface area is 110 Å². The van der Waals surface area contributed by atoms with Crippen molar-refractivity contribution in [3.05, 3.63) is 36.4 Å². The summed E-state index contributed by atoms with van der Waals surface area (Å²) in [6.07, 6.45) is 2.85. The van der Waals surface area contributed by atoms with Crippen molar-refractivity contribution in [2.75, 3.05) is 6.61 Å². The predicted octanol–water partition coefficient (Wildman–Crippen LogP) is 3.73. The highest BCUT2D eigenvalue weighted by Crippen LogP contribution is 2.27. The van der Waals surface area contributed by atoms with Crippen LogP contribution >= 0.6 is 0 Å². The maximum absolute atomic E-state index is 5.75. The second-order valence-corrected chi connectivity index (χ2v) is 7.65. The first-order chi connectivity index (χ1) is 8.90. The number of ether oxygens (including phenoxy) is 1. The molecular formula is C16H19OSi. The van der Waals surface area contributed by atoms with Crippen molar-refractivity contribution in [1.29, 1.82) is 0 Å². The molecular weight excluding hydrogens is 236 g/mol. The fourth-order valence-electron chi connectivity index (χ4n) is 2.93. The third-order valence-electron chi connectivity index (χ3n) is 3.77. The van der Waals surface area contributed by atoms with Gasteiger partial charge in [-0.1, -0.05) is 60.4 Å². The predicted molar refractivity (Wildman–Crippen MR) is 79.4 cm³/mol. The Bertz CT molecular complexity index is 544. The second kappa shape index (κ2) is 5.15. The average Bonchev–Trinajstić information content (AvgIpc) is 2.93. The van der Waals surface area contributed by atoms with E-state index in [-0.39, 0.29) is 8.80 Å². The van der Waals surface area contributed by atoms with Gasteiger partial charge >= 0.3 is 0 Å². The van der Waals surface area contributed by atoms with Crippen LogP contribution in [0.3, 0.4) is 0 Å². The summed E-state index contributed by atoms with van der Waals surface area (Å²) in [7, 11) is -0.301. The van der Waals surface area contributed by atoms with Gasteiger partial charge in [0.05, 0.1) is 15.4 Å². The van der Waals surface area contributed by atoms with Gasteiger partial charge in [-0.15, -0.1) is 0 Å². The highest BCUT2D eigenvalue weighted by Gasteiger charge is 2.21. The second-order valence-electron chi connectivity index (χ2n) is 4.90. The Kier molecular flexibility index (Phi) is 3.37. The standard InChI is InChI=1S/C16H19OSi/c1-2-17-15-9-10-16(18-11-5-6-12-18)14-8-4-3-7-13(14)15/h3-4,7-10H,2,5-6,11-12H2,1H3. The molecule has 0 aliphatic carbocycles. The van der Waals surface area contributed by atoms with Gasteiger partial charge in [0.2, 0.25) is 0 Å². The number of hydrogen-bond acceptors (Lipinski definition) is 1. The molecule has 0 bridgehead atoms. The Morgan fingerprint density at radius 2 is 1.72 bits per heavy atom. The van der Waals surface area contributed by atoms with Crippen LogP contribution < -0.4 is 9.92 Å². The molecule has 93 valence electrons. The van der Waals surface area contributed by atoms with Crippen molar-refractivity contribution in [2.45, 2.75) is 31.9 Å². The molecule has 1 aliphatic rings. The third kappa shape index (κ3) is 2.05. The smallest absolute Gasteiger partial charge is 0.127 e. The zero-order chi connectivity index (χ0) is 12.4. The monoisotopic (exact) mass is 255 g/mol. The minimum Gasteiger partial charge on any atom is -0.493 e. The van der Waals surface area contributed by atoms with Crippen molar-refractivity contribution in [1.82, 2.24) is 0 Å². The highest BCUT2D eigenvalue weighted by molar-refractivity contribution is 6.76. The molecule has 0 saturated carbocycles. The zero-order valence-corrected chi connectivity index (χ0v) is 11.9. The van der Waals surface area contributed by atoms with Crippen LogP contribution in [-0.4, -0.2) is 15.4 Å². The molecule has 1 fully saturated rings. The molecule has 1 nitrogen and oxygen atoms in total. The fraction of sp³-hybridized carbons (Fsp3) is 0.375. The molecule has 1 heterocycles. The summed E-state index contributed by atoms with van der Waals surface area (Å²) < 4.78 is 5.75. The summed E-state index contributed by atoms with van der Waals surface area (Å²) in [5.74, 6) is 1.04. The van der Waals surface area contributed by atoms with Crippen molar-refractivity contribution >= 4 is 24.8 Å². The van der Waals surface area contributed by atoms with Gasteiger partial charge in [0.25, 0.3) is 0 Å². The van der Waals surface area contributed by atoms with Crippen molar-refractivity contribution in [3.63, 3.8) is 0 Å². The quantitative estimate of drug-likeness (QED) is 0.759. The first-order valence-corrected chi connectivity index (χ1v) is 8.81. The van der Waals surface area contributed by atoms with Crippen LogP contribution in [0.5, 0.6) is 5.75 Å². The first kappa shape index (κ1) is 11.8. The number of hydrogen-bond donors (Lipinski definition) is 0. The lowest BCUT2D eigenvalue weighted by atomic mass is 10.1. The van der Waals surface area contributed by atoms with E-state index in [1.54, 1.807) is 5.19 Å². The number of rotatable bonds is 3. The molecule has 3 rings (SSSR count). The van der Waals surface area contributed by atoms with Crippen molar-refractivity contribution in [3.8, 4) is 5.75 Å². The van der Waals surface area contributed by atoms with Gasteiger partial charge < -0.3 is 4.74 Å². The maximum Gasteiger partial charge on any atom is 0.127 e. The molecule has 0 spiro atoms. The lowest BCUT2D eigenvalue weighted by molar-refractivity contribution is 0.344. The van der Waals surface area contributed by atoms with Gasteiger partial charge in [-0.2, -0.15) is 0 Å². The van der Waals surface area contributed by atoms with Crippen LogP contribution in [0.4, 0.5) is 0 Å². The summed E-state index contributed by atoms with van der Waals surface area (Å²) in [5.41, 5.74) is 0. The van der Waals surface area contributed by atoms with Crippen LogP contribution in [0, 0.1) is 0 Å². The molecule has 1 saturated heterocycles. The van der Waals surface area contributed by atoms with Gasteiger partial charge in [0.15, 0.2) is 0 Å². The Morgan fingerprint density at radius 1 is 1.00 bits per heavy atom. The summed E-state index contributed by atoms with van der Waals surface area (Å²) in [6, 6.07) is 16.1. The zero-order valence-electron chi connectivity index (χ0n) is 10.9. The molecule has 0 amide bonds. The fourth-order valence-corrected chi connectivity index (χ4v) is 5.99. The Morgan fingerprint density at radius 3 is 2.44 bits per heavy atom. The number of fused-ring (bicyclic) bond motifs is 1. The molecule has 2 aromatic rings.